The molecule has 17 heavy (non-hydrogen) atoms. The van der Waals surface area contributed by atoms with Gasteiger partial charge in [0.05, 0.1) is 0 Å². The summed E-state index contributed by atoms with van der Waals surface area (Å²) in [4.78, 5) is 2.60. The van der Waals surface area contributed by atoms with E-state index in [0.717, 1.165) is 5.69 Å². The molecule has 1 heterocycles. The fraction of sp³-hybridized carbons (Fsp3) is 0.600. The molecular weight excluding hydrogens is 208 g/mol. The van der Waals surface area contributed by atoms with Crippen LogP contribution in [0.3, 0.4) is 0 Å². The largest absolute Gasteiger partial charge is 0.398 e. The number of anilines is 1. The molecule has 0 atom stereocenters. The number of rotatable bonds is 4. The number of likely N-dealkylation sites (tertiary alicyclic amines) is 1. The van der Waals surface area contributed by atoms with Crippen molar-refractivity contribution in [2.75, 3.05) is 25.4 Å². The Balaban J connectivity index is 1.89. The molecular formula is C15H24N2. The fourth-order valence-electron chi connectivity index (χ4n) is 2.73. The summed E-state index contributed by atoms with van der Waals surface area (Å²) < 4.78 is 0. The maximum absolute atomic E-state index is 6.05. The van der Waals surface area contributed by atoms with E-state index in [-0.39, 0.29) is 0 Å². The zero-order valence-corrected chi connectivity index (χ0v) is 10.9. The smallest absolute Gasteiger partial charge is 0.0349 e. The Labute approximate surface area is 105 Å². The van der Waals surface area contributed by atoms with Gasteiger partial charge in [0.1, 0.15) is 0 Å². The van der Waals surface area contributed by atoms with Crippen LogP contribution in [0.25, 0.3) is 0 Å². The minimum Gasteiger partial charge on any atom is -0.398 e. The number of nitrogens with zero attached hydrogens (tertiary/aromatic N) is 1. The minimum absolute atomic E-state index is 0.675. The van der Waals surface area contributed by atoms with Crippen molar-refractivity contribution in [3.63, 3.8) is 0 Å². The van der Waals surface area contributed by atoms with Gasteiger partial charge in [0, 0.05) is 5.69 Å². The summed E-state index contributed by atoms with van der Waals surface area (Å²) in [6, 6.07) is 8.35. The van der Waals surface area contributed by atoms with E-state index in [2.05, 4.69) is 24.0 Å². The Bertz CT molecular complexity index is 341. The summed E-state index contributed by atoms with van der Waals surface area (Å²) in [7, 11) is 0. The number of hydrogen-bond donors (Lipinski definition) is 1. The molecule has 0 spiro atoms. The van der Waals surface area contributed by atoms with Crippen LogP contribution in [0.4, 0.5) is 5.69 Å². The molecule has 1 fully saturated rings. The van der Waals surface area contributed by atoms with Gasteiger partial charge in [-0.1, -0.05) is 31.5 Å². The van der Waals surface area contributed by atoms with E-state index in [4.69, 9.17) is 5.73 Å². The fourth-order valence-corrected chi connectivity index (χ4v) is 2.73. The highest BCUT2D eigenvalue weighted by Crippen LogP contribution is 2.31. The number of hydrogen-bond acceptors (Lipinski definition) is 2. The molecule has 0 aromatic heterocycles. The van der Waals surface area contributed by atoms with Gasteiger partial charge in [-0.15, -0.1) is 0 Å². The molecule has 0 radical (unpaired) electrons. The summed E-state index contributed by atoms with van der Waals surface area (Å²) in [5.41, 5.74) is 8.39. The van der Waals surface area contributed by atoms with Gasteiger partial charge in [-0.3, -0.25) is 0 Å². The Hall–Kier alpha value is -1.02. The van der Waals surface area contributed by atoms with Crippen LogP contribution in [0, 0.1) is 0 Å². The molecule has 2 nitrogen and oxygen atoms in total. The van der Waals surface area contributed by atoms with E-state index < -0.39 is 0 Å². The van der Waals surface area contributed by atoms with Crippen molar-refractivity contribution in [3.05, 3.63) is 29.8 Å². The molecule has 1 aliphatic heterocycles. The number of para-hydroxylation sites is 1. The lowest BCUT2D eigenvalue weighted by Gasteiger charge is -2.32. The van der Waals surface area contributed by atoms with Crippen LogP contribution >= 0.6 is 0 Å². The van der Waals surface area contributed by atoms with E-state index in [0.29, 0.717) is 5.92 Å². The number of unbranched alkanes of at least 4 members (excludes halogenated alkanes) is 1. The zero-order valence-electron chi connectivity index (χ0n) is 10.9. The first-order valence-corrected chi connectivity index (χ1v) is 6.88. The topological polar surface area (TPSA) is 29.3 Å². The highest BCUT2D eigenvalue weighted by atomic mass is 15.1. The Morgan fingerprint density at radius 1 is 1.24 bits per heavy atom. The van der Waals surface area contributed by atoms with Crippen LogP contribution < -0.4 is 5.73 Å². The zero-order chi connectivity index (χ0) is 12.1. The highest BCUT2D eigenvalue weighted by Gasteiger charge is 2.21. The van der Waals surface area contributed by atoms with Gasteiger partial charge in [-0.25, -0.2) is 0 Å². The van der Waals surface area contributed by atoms with E-state index in [1.807, 2.05) is 12.1 Å². The predicted octanol–water partition coefficient (Wildman–Crippen LogP) is 3.25. The van der Waals surface area contributed by atoms with E-state index in [1.165, 1.54) is 50.9 Å². The molecule has 1 aromatic carbocycles. The van der Waals surface area contributed by atoms with E-state index in [9.17, 15) is 0 Å². The highest BCUT2D eigenvalue weighted by molar-refractivity contribution is 5.48. The van der Waals surface area contributed by atoms with Crippen LogP contribution in [0.15, 0.2) is 24.3 Å². The number of benzene rings is 1. The Kier molecular flexibility index (Phi) is 4.43. The monoisotopic (exact) mass is 232 g/mol. The predicted molar refractivity (Wildman–Crippen MR) is 74.2 cm³/mol. The van der Waals surface area contributed by atoms with Crippen LogP contribution in [0.1, 0.15) is 44.1 Å². The lowest BCUT2D eigenvalue weighted by molar-refractivity contribution is 0.210. The normalized spacial score (nSPS) is 18.4. The molecule has 0 saturated carbocycles. The first kappa shape index (κ1) is 12.4. The van der Waals surface area contributed by atoms with Crippen LogP contribution in [0.2, 0.25) is 0 Å². The van der Waals surface area contributed by atoms with Crippen molar-refractivity contribution in [3.8, 4) is 0 Å². The number of nitrogen functional groups attached to an aromatic ring is 1. The second kappa shape index (κ2) is 6.06. The van der Waals surface area contributed by atoms with Crippen molar-refractivity contribution in [1.29, 1.82) is 0 Å². The molecule has 0 amide bonds. The molecule has 0 bridgehead atoms. The lowest BCUT2D eigenvalue weighted by Crippen LogP contribution is -2.33. The van der Waals surface area contributed by atoms with E-state index in [1.54, 1.807) is 0 Å². The van der Waals surface area contributed by atoms with Crippen molar-refractivity contribution >= 4 is 5.69 Å². The summed E-state index contributed by atoms with van der Waals surface area (Å²) >= 11 is 0. The van der Waals surface area contributed by atoms with Crippen LogP contribution in [-0.4, -0.2) is 24.5 Å². The summed E-state index contributed by atoms with van der Waals surface area (Å²) in [5, 5.41) is 0. The lowest BCUT2D eigenvalue weighted by atomic mass is 9.88. The molecule has 1 aromatic rings. The van der Waals surface area contributed by atoms with Gasteiger partial charge < -0.3 is 10.6 Å². The SMILES string of the molecule is CCCCN1CCC(c2ccccc2N)CC1. The first-order valence-electron chi connectivity index (χ1n) is 6.88. The maximum Gasteiger partial charge on any atom is 0.0349 e. The van der Waals surface area contributed by atoms with Crippen molar-refractivity contribution in [1.82, 2.24) is 4.90 Å². The Morgan fingerprint density at radius 2 is 1.94 bits per heavy atom. The molecule has 1 aliphatic rings. The summed E-state index contributed by atoms with van der Waals surface area (Å²) in [5.74, 6) is 0.675. The molecule has 2 heteroatoms. The van der Waals surface area contributed by atoms with Gasteiger partial charge in [0.25, 0.3) is 0 Å². The van der Waals surface area contributed by atoms with Crippen molar-refractivity contribution in [2.45, 2.75) is 38.5 Å². The number of piperidine rings is 1. The molecule has 1 saturated heterocycles. The molecule has 94 valence electrons. The molecule has 2 N–H and O–H groups in total. The average Bonchev–Trinajstić information content (AvgIpc) is 2.38. The molecule has 0 aliphatic carbocycles. The standard InChI is InChI=1S/C15H24N2/c1-2-3-10-17-11-8-13(9-12-17)14-6-4-5-7-15(14)16/h4-7,13H,2-3,8-12,16H2,1H3. The summed E-state index contributed by atoms with van der Waals surface area (Å²) in [6.45, 7) is 6.00. The van der Waals surface area contributed by atoms with Gasteiger partial charge >= 0.3 is 0 Å². The molecule has 0 unspecified atom stereocenters. The quantitative estimate of drug-likeness (QED) is 0.807. The third kappa shape index (κ3) is 3.22. The second-order valence-electron chi connectivity index (χ2n) is 5.10. The maximum atomic E-state index is 6.05. The minimum atomic E-state index is 0.675. The Morgan fingerprint density at radius 3 is 2.59 bits per heavy atom. The van der Waals surface area contributed by atoms with Gasteiger partial charge in [-0.05, 0) is 56.4 Å². The van der Waals surface area contributed by atoms with Crippen molar-refractivity contribution in [2.24, 2.45) is 0 Å². The van der Waals surface area contributed by atoms with Gasteiger partial charge in [0.2, 0.25) is 0 Å². The average molecular weight is 232 g/mol. The number of nitrogens with two attached hydrogens (primary N) is 1. The van der Waals surface area contributed by atoms with Gasteiger partial charge in [0.15, 0.2) is 0 Å². The first-order chi connectivity index (χ1) is 8.31. The summed E-state index contributed by atoms with van der Waals surface area (Å²) in [6.07, 6.45) is 5.15. The van der Waals surface area contributed by atoms with E-state index >= 15 is 0 Å². The van der Waals surface area contributed by atoms with Gasteiger partial charge in [-0.2, -0.15) is 0 Å². The second-order valence-corrected chi connectivity index (χ2v) is 5.10. The van der Waals surface area contributed by atoms with Crippen molar-refractivity contribution < 1.29 is 0 Å². The van der Waals surface area contributed by atoms with Crippen LogP contribution in [0.5, 0.6) is 0 Å². The molecule has 2 rings (SSSR count). The third-order valence-electron chi connectivity index (χ3n) is 3.85. The third-order valence-corrected chi connectivity index (χ3v) is 3.85. The van der Waals surface area contributed by atoms with Crippen LogP contribution in [-0.2, 0) is 0 Å².